The second-order valence-corrected chi connectivity index (χ2v) is 8.58. The lowest BCUT2D eigenvalue weighted by Gasteiger charge is -2.35. The summed E-state index contributed by atoms with van der Waals surface area (Å²) in [5.74, 6) is 0.167. The SMILES string of the molecule is Cc1cc(C)cc(C(=O)N(NC(=O)c2ccc3c(c2)OC(C)C3)C(C)(C)C)c1. The smallest absolute Gasteiger partial charge is 0.272 e. The van der Waals surface area contributed by atoms with Crippen LogP contribution in [0.1, 0.15) is 65.1 Å². The van der Waals surface area contributed by atoms with Gasteiger partial charge in [-0.05, 0) is 71.4 Å². The summed E-state index contributed by atoms with van der Waals surface area (Å²) in [6.07, 6.45) is 0.960. The van der Waals surface area contributed by atoms with Gasteiger partial charge in [-0.3, -0.25) is 15.0 Å². The number of carbonyl (C=O) groups excluding carboxylic acids is 2. The van der Waals surface area contributed by atoms with Gasteiger partial charge in [-0.25, -0.2) is 5.01 Å². The standard InChI is InChI=1S/C23H28N2O3/c1-14-9-15(2)11-19(10-14)22(27)25(23(4,5)6)24-21(26)18-8-7-17-12-16(3)28-20(17)13-18/h7-11,13,16H,12H2,1-6H3,(H,24,26). The summed E-state index contributed by atoms with van der Waals surface area (Å²) in [5.41, 5.74) is 6.35. The molecule has 2 amide bonds. The summed E-state index contributed by atoms with van der Waals surface area (Å²) in [6.45, 7) is 11.6. The highest BCUT2D eigenvalue weighted by molar-refractivity contribution is 5.99. The summed E-state index contributed by atoms with van der Waals surface area (Å²) >= 11 is 0. The molecular weight excluding hydrogens is 352 g/mol. The lowest BCUT2D eigenvalue weighted by atomic mass is 10.0. The van der Waals surface area contributed by atoms with Gasteiger partial charge in [-0.2, -0.15) is 0 Å². The molecule has 28 heavy (non-hydrogen) atoms. The molecule has 0 spiro atoms. The molecule has 5 heteroatoms. The Hall–Kier alpha value is -2.82. The zero-order valence-corrected chi connectivity index (χ0v) is 17.4. The zero-order valence-electron chi connectivity index (χ0n) is 17.4. The molecule has 1 aliphatic rings. The number of benzene rings is 2. The fraction of sp³-hybridized carbons (Fsp3) is 0.391. The van der Waals surface area contributed by atoms with Crippen LogP contribution in [0.3, 0.4) is 0 Å². The fourth-order valence-electron chi connectivity index (χ4n) is 3.46. The molecule has 0 saturated carbocycles. The highest BCUT2D eigenvalue weighted by Crippen LogP contribution is 2.29. The van der Waals surface area contributed by atoms with Crippen LogP contribution in [0.25, 0.3) is 0 Å². The van der Waals surface area contributed by atoms with E-state index in [0.29, 0.717) is 11.1 Å². The molecule has 5 nitrogen and oxygen atoms in total. The van der Waals surface area contributed by atoms with Gasteiger partial charge < -0.3 is 4.74 Å². The molecule has 2 aromatic rings. The first-order valence-corrected chi connectivity index (χ1v) is 9.58. The van der Waals surface area contributed by atoms with Crippen molar-refractivity contribution < 1.29 is 14.3 Å². The number of ether oxygens (including phenoxy) is 1. The highest BCUT2D eigenvalue weighted by Gasteiger charge is 2.30. The van der Waals surface area contributed by atoms with E-state index in [4.69, 9.17) is 4.74 Å². The molecular formula is C23H28N2O3. The van der Waals surface area contributed by atoms with Crippen molar-refractivity contribution in [1.82, 2.24) is 10.4 Å². The van der Waals surface area contributed by atoms with Crippen LogP contribution in [-0.2, 0) is 6.42 Å². The maximum atomic E-state index is 13.2. The molecule has 1 N–H and O–H groups in total. The van der Waals surface area contributed by atoms with E-state index < -0.39 is 5.54 Å². The Kier molecular flexibility index (Phi) is 5.20. The fourth-order valence-corrected chi connectivity index (χ4v) is 3.46. The van der Waals surface area contributed by atoms with Gasteiger partial charge in [0.05, 0.1) is 5.54 Å². The van der Waals surface area contributed by atoms with Gasteiger partial charge in [0.1, 0.15) is 11.9 Å². The Morgan fingerprint density at radius 2 is 1.68 bits per heavy atom. The van der Waals surface area contributed by atoms with Crippen LogP contribution in [0.5, 0.6) is 5.75 Å². The van der Waals surface area contributed by atoms with E-state index in [2.05, 4.69) is 5.43 Å². The van der Waals surface area contributed by atoms with Gasteiger partial charge in [0.15, 0.2) is 0 Å². The van der Waals surface area contributed by atoms with E-state index in [9.17, 15) is 9.59 Å². The third kappa shape index (κ3) is 4.19. The number of fused-ring (bicyclic) bond motifs is 1. The molecule has 1 atom stereocenters. The van der Waals surface area contributed by atoms with Crippen LogP contribution < -0.4 is 10.2 Å². The van der Waals surface area contributed by atoms with Crippen LogP contribution in [0.2, 0.25) is 0 Å². The van der Waals surface area contributed by atoms with E-state index >= 15 is 0 Å². The summed E-state index contributed by atoms with van der Waals surface area (Å²) in [4.78, 5) is 26.1. The maximum Gasteiger partial charge on any atom is 0.272 e. The van der Waals surface area contributed by atoms with Crippen LogP contribution in [0, 0.1) is 13.8 Å². The van der Waals surface area contributed by atoms with Crippen LogP contribution in [0.15, 0.2) is 36.4 Å². The predicted octanol–water partition coefficient (Wildman–Crippen LogP) is 4.21. The van der Waals surface area contributed by atoms with Crippen LogP contribution >= 0.6 is 0 Å². The number of hydrazine groups is 1. The minimum absolute atomic E-state index is 0.116. The molecule has 0 bridgehead atoms. The molecule has 0 radical (unpaired) electrons. The van der Waals surface area contributed by atoms with Gasteiger partial charge in [-0.15, -0.1) is 0 Å². The maximum absolute atomic E-state index is 13.2. The van der Waals surface area contributed by atoms with Crippen LogP contribution in [0.4, 0.5) is 0 Å². The van der Waals surface area contributed by atoms with E-state index in [1.807, 2.05) is 65.8 Å². The first-order valence-electron chi connectivity index (χ1n) is 9.58. The minimum Gasteiger partial charge on any atom is -0.490 e. The molecule has 0 aliphatic carbocycles. The normalized spacial score (nSPS) is 15.6. The second kappa shape index (κ2) is 7.30. The number of nitrogens with one attached hydrogen (secondary N) is 1. The van der Waals surface area contributed by atoms with Crippen molar-refractivity contribution in [2.45, 2.75) is 59.6 Å². The lowest BCUT2D eigenvalue weighted by Crippen LogP contribution is -2.55. The van der Waals surface area contributed by atoms with Crippen molar-refractivity contribution in [3.05, 3.63) is 64.2 Å². The number of aryl methyl sites for hydroxylation is 2. The highest BCUT2D eigenvalue weighted by atomic mass is 16.5. The van der Waals surface area contributed by atoms with E-state index in [1.165, 1.54) is 5.01 Å². The Labute approximate surface area is 166 Å². The Morgan fingerprint density at radius 3 is 2.29 bits per heavy atom. The summed E-state index contributed by atoms with van der Waals surface area (Å²) in [5, 5.41) is 1.40. The predicted molar refractivity (Wildman–Crippen MR) is 110 cm³/mol. The van der Waals surface area contributed by atoms with E-state index in [0.717, 1.165) is 28.9 Å². The monoisotopic (exact) mass is 380 g/mol. The van der Waals surface area contributed by atoms with Crippen molar-refractivity contribution in [3.63, 3.8) is 0 Å². The van der Waals surface area contributed by atoms with Gasteiger partial charge >= 0.3 is 0 Å². The number of nitrogens with zero attached hydrogens (tertiary/aromatic N) is 1. The average Bonchev–Trinajstić information content (AvgIpc) is 2.96. The first-order chi connectivity index (χ1) is 13.0. The Bertz CT molecular complexity index is 908. The van der Waals surface area contributed by atoms with Gasteiger partial charge in [-0.1, -0.05) is 23.3 Å². The molecule has 0 saturated heterocycles. The molecule has 1 unspecified atom stereocenters. The van der Waals surface area contributed by atoms with E-state index in [1.54, 1.807) is 12.1 Å². The second-order valence-electron chi connectivity index (χ2n) is 8.58. The topological polar surface area (TPSA) is 58.6 Å². The number of hydrogen-bond donors (Lipinski definition) is 1. The summed E-state index contributed by atoms with van der Waals surface area (Å²) < 4.78 is 5.75. The third-order valence-electron chi connectivity index (χ3n) is 4.72. The molecule has 0 fully saturated rings. The molecule has 3 rings (SSSR count). The van der Waals surface area contributed by atoms with Gasteiger partial charge in [0.25, 0.3) is 11.8 Å². The Balaban J connectivity index is 1.86. The number of carbonyl (C=O) groups is 2. The largest absolute Gasteiger partial charge is 0.490 e. The summed E-state index contributed by atoms with van der Waals surface area (Å²) in [7, 11) is 0. The molecule has 148 valence electrons. The number of rotatable bonds is 2. The van der Waals surface area contributed by atoms with Gasteiger partial charge in [0.2, 0.25) is 0 Å². The summed E-state index contributed by atoms with van der Waals surface area (Å²) in [6, 6.07) is 11.1. The zero-order chi connectivity index (χ0) is 20.6. The van der Waals surface area contributed by atoms with Crippen LogP contribution in [-0.4, -0.2) is 28.5 Å². The molecule has 1 heterocycles. The molecule has 2 aromatic carbocycles. The first kappa shape index (κ1) is 19.9. The molecule has 1 aliphatic heterocycles. The minimum atomic E-state index is -0.591. The quantitative estimate of drug-likeness (QED) is 0.794. The number of hydrogen-bond acceptors (Lipinski definition) is 3. The van der Waals surface area contributed by atoms with Crippen molar-refractivity contribution in [2.75, 3.05) is 0 Å². The van der Waals surface area contributed by atoms with Crippen molar-refractivity contribution in [3.8, 4) is 5.75 Å². The lowest BCUT2D eigenvalue weighted by molar-refractivity contribution is 0.0358. The molecule has 0 aromatic heterocycles. The third-order valence-corrected chi connectivity index (χ3v) is 4.72. The van der Waals surface area contributed by atoms with Crippen molar-refractivity contribution in [1.29, 1.82) is 0 Å². The van der Waals surface area contributed by atoms with Crippen molar-refractivity contribution in [2.24, 2.45) is 0 Å². The Morgan fingerprint density at radius 1 is 1.04 bits per heavy atom. The van der Waals surface area contributed by atoms with E-state index in [-0.39, 0.29) is 17.9 Å². The van der Waals surface area contributed by atoms with Gasteiger partial charge in [0, 0.05) is 17.5 Å². The van der Waals surface area contributed by atoms with Crippen molar-refractivity contribution >= 4 is 11.8 Å². The number of amides is 2. The average molecular weight is 380 g/mol.